The van der Waals surface area contributed by atoms with E-state index in [2.05, 4.69) is 11.8 Å². The van der Waals surface area contributed by atoms with Crippen molar-refractivity contribution < 1.29 is 4.74 Å². The minimum atomic E-state index is 0.0756. The Hall–Kier alpha value is -0.700. The van der Waals surface area contributed by atoms with Crippen LogP contribution in [-0.2, 0) is 4.74 Å². The fraction of sp³-hybridized carbons (Fsp3) is 0.714. The molecule has 0 amide bonds. The quantitative estimate of drug-likeness (QED) is 0.322. The molecule has 0 saturated heterocycles. The van der Waals surface area contributed by atoms with Crippen LogP contribution in [0.1, 0.15) is 13.3 Å². The van der Waals surface area contributed by atoms with Crippen LogP contribution in [0.3, 0.4) is 0 Å². The first-order valence-electron chi connectivity index (χ1n) is 3.34. The lowest BCUT2D eigenvalue weighted by molar-refractivity contribution is 0.0969. The Labute approximate surface area is 61.0 Å². The van der Waals surface area contributed by atoms with Gasteiger partial charge in [-0.15, -0.1) is 6.58 Å². The molecule has 58 valence electrons. The molecule has 0 bridgehead atoms. The molecular weight excluding hydrogens is 130 g/mol. The van der Waals surface area contributed by atoms with Crippen molar-refractivity contribution in [2.24, 2.45) is 5.18 Å². The molecule has 0 aromatic heterocycles. The summed E-state index contributed by atoms with van der Waals surface area (Å²) in [5, 5.41) is 2.70. The molecule has 3 heteroatoms. The van der Waals surface area contributed by atoms with Crippen molar-refractivity contribution >= 4 is 0 Å². The Balaban J connectivity index is 3.02. The first-order valence-corrected chi connectivity index (χ1v) is 3.34. The Bertz CT molecular complexity index is 104. The van der Waals surface area contributed by atoms with Crippen LogP contribution in [0.25, 0.3) is 0 Å². The number of hydrogen-bond acceptors (Lipinski definition) is 3. The van der Waals surface area contributed by atoms with E-state index >= 15 is 0 Å². The predicted octanol–water partition coefficient (Wildman–Crippen LogP) is 1.73. The number of nitroso groups, excluding NO2 is 1. The first-order chi connectivity index (χ1) is 4.81. The minimum absolute atomic E-state index is 0.0756. The van der Waals surface area contributed by atoms with E-state index in [9.17, 15) is 4.91 Å². The zero-order valence-electron chi connectivity index (χ0n) is 6.25. The van der Waals surface area contributed by atoms with E-state index in [1.54, 1.807) is 6.08 Å². The summed E-state index contributed by atoms with van der Waals surface area (Å²) >= 11 is 0. The Morgan fingerprint density at radius 2 is 2.50 bits per heavy atom. The van der Waals surface area contributed by atoms with Crippen molar-refractivity contribution in [3.8, 4) is 0 Å². The average molecular weight is 143 g/mol. The highest BCUT2D eigenvalue weighted by Crippen LogP contribution is 1.92. The van der Waals surface area contributed by atoms with Gasteiger partial charge in [-0.25, -0.2) is 0 Å². The maximum absolute atomic E-state index is 9.59. The zero-order valence-corrected chi connectivity index (χ0v) is 6.25. The molecule has 1 unspecified atom stereocenters. The minimum Gasteiger partial charge on any atom is -0.374 e. The molecule has 0 rings (SSSR count). The van der Waals surface area contributed by atoms with Gasteiger partial charge < -0.3 is 4.74 Å². The topological polar surface area (TPSA) is 38.7 Å². The summed E-state index contributed by atoms with van der Waals surface area (Å²) in [5.41, 5.74) is 0. The zero-order chi connectivity index (χ0) is 7.82. The van der Waals surface area contributed by atoms with E-state index < -0.39 is 0 Å². The largest absolute Gasteiger partial charge is 0.374 e. The van der Waals surface area contributed by atoms with Gasteiger partial charge in [-0.3, -0.25) is 0 Å². The van der Waals surface area contributed by atoms with Crippen LogP contribution in [0.2, 0.25) is 0 Å². The van der Waals surface area contributed by atoms with Gasteiger partial charge in [0.2, 0.25) is 0 Å². The van der Waals surface area contributed by atoms with E-state index in [1.165, 1.54) is 0 Å². The lowest BCUT2D eigenvalue weighted by Crippen LogP contribution is -2.05. The fourth-order valence-corrected chi connectivity index (χ4v) is 0.466. The van der Waals surface area contributed by atoms with Crippen LogP contribution in [0.15, 0.2) is 17.8 Å². The summed E-state index contributed by atoms with van der Waals surface area (Å²) in [7, 11) is 0. The number of ether oxygens (including phenoxy) is 1. The number of rotatable bonds is 6. The highest BCUT2D eigenvalue weighted by molar-refractivity contribution is 4.74. The fourth-order valence-electron chi connectivity index (χ4n) is 0.466. The van der Waals surface area contributed by atoms with E-state index in [1.807, 2.05) is 6.92 Å². The van der Waals surface area contributed by atoms with Gasteiger partial charge in [0.15, 0.2) is 0 Å². The van der Waals surface area contributed by atoms with E-state index in [0.29, 0.717) is 19.6 Å². The standard InChI is InChI=1S/C7H13NO2/c1-3-7(2)10-6-4-5-8-9/h3,7H,1,4-6H2,2H3. The lowest BCUT2D eigenvalue weighted by Gasteiger charge is -2.05. The van der Waals surface area contributed by atoms with Crippen LogP contribution in [0.4, 0.5) is 0 Å². The smallest absolute Gasteiger partial charge is 0.0833 e. The van der Waals surface area contributed by atoms with Crippen LogP contribution in [0.5, 0.6) is 0 Å². The van der Waals surface area contributed by atoms with Crippen molar-refractivity contribution in [3.63, 3.8) is 0 Å². The van der Waals surface area contributed by atoms with Gasteiger partial charge in [0.05, 0.1) is 12.6 Å². The third-order valence-electron chi connectivity index (χ3n) is 1.11. The first kappa shape index (κ1) is 9.30. The Morgan fingerprint density at radius 1 is 1.80 bits per heavy atom. The van der Waals surface area contributed by atoms with Crippen LogP contribution >= 0.6 is 0 Å². The highest BCUT2D eigenvalue weighted by atomic mass is 16.5. The van der Waals surface area contributed by atoms with Crippen molar-refractivity contribution in [1.29, 1.82) is 0 Å². The van der Waals surface area contributed by atoms with E-state index in [4.69, 9.17) is 4.74 Å². The van der Waals surface area contributed by atoms with Crippen molar-refractivity contribution in [2.45, 2.75) is 19.4 Å². The maximum Gasteiger partial charge on any atom is 0.0833 e. The lowest BCUT2D eigenvalue weighted by atomic mass is 10.4. The summed E-state index contributed by atoms with van der Waals surface area (Å²) in [6, 6.07) is 0. The second-order valence-electron chi connectivity index (χ2n) is 2.02. The third kappa shape index (κ3) is 5.44. The molecule has 1 atom stereocenters. The average Bonchev–Trinajstić information content (AvgIpc) is 1.98. The molecule has 0 saturated carbocycles. The molecule has 0 aromatic carbocycles. The third-order valence-corrected chi connectivity index (χ3v) is 1.11. The normalized spacial score (nSPS) is 12.5. The van der Waals surface area contributed by atoms with Gasteiger partial charge >= 0.3 is 0 Å². The molecule has 10 heavy (non-hydrogen) atoms. The van der Waals surface area contributed by atoms with E-state index in [0.717, 1.165) is 0 Å². The molecule has 0 aromatic rings. The molecule has 0 aliphatic heterocycles. The van der Waals surface area contributed by atoms with Crippen molar-refractivity contribution in [1.82, 2.24) is 0 Å². The molecule has 0 aliphatic carbocycles. The molecule has 0 heterocycles. The van der Waals surface area contributed by atoms with Gasteiger partial charge in [-0.2, -0.15) is 4.91 Å². The molecular formula is C7H13NO2. The predicted molar refractivity (Wildman–Crippen MR) is 40.9 cm³/mol. The monoisotopic (exact) mass is 143 g/mol. The molecule has 0 N–H and O–H groups in total. The SMILES string of the molecule is C=CC(C)OCCCN=O. The Kier molecular flexibility index (Phi) is 5.97. The maximum atomic E-state index is 9.59. The van der Waals surface area contributed by atoms with Crippen LogP contribution < -0.4 is 0 Å². The van der Waals surface area contributed by atoms with Gasteiger partial charge in [-0.1, -0.05) is 11.3 Å². The number of nitrogens with zero attached hydrogens (tertiary/aromatic N) is 1. The number of hydrogen-bond donors (Lipinski definition) is 0. The molecule has 0 spiro atoms. The molecule has 0 aliphatic rings. The summed E-state index contributed by atoms with van der Waals surface area (Å²) in [6.07, 6.45) is 2.49. The van der Waals surface area contributed by atoms with Crippen LogP contribution in [-0.4, -0.2) is 19.3 Å². The van der Waals surface area contributed by atoms with Gasteiger partial charge in [0, 0.05) is 6.61 Å². The summed E-state index contributed by atoms with van der Waals surface area (Å²) in [6.45, 7) is 6.37. The molecule has 0 fully saturated rings. The summed E-state index contributed by atoms with van der Waals surface area (Å²) < 4.78 is 5.18. The van der Waals surface area contributed by atoms with Crippen molar-refractivity contribution in [2.75, 3.05) is 13.2 Å². The van der Waals surface area contributed by atoms with Crippen LogP contribution in [0, 0.1) is 4.91 Å². The van der Waals surface area contributed by atoms with E-state index in [-0.39, 0.29) is 6.10 Å². The second-order valence-corrected chi connectivity index (χ2v) is 2.02. The molecule has 0 radical (unpaired) electrons. The van der Waals surface area contributed by atoms with Gasteiger partial charge in [0.1, 0.15) is 0 Å². The Morgan fingerprint density at radius 3 is 3.00 bits per heavy atom. The highest BCUT2D eigenvalue weighted by Gasteiger charge is 1.93. The van der Waals surface area contributed by atoms with Crippen molar-refractivity contribution in [3.05, 3.63) is 17.6 Å². The summed E-state index contributed by atoms with van der Waals surface area (Å²) in [5.74, 6) is 0. The molecule has 3 nitrogen and oxygen atoms in total. The van der Waals surface area contributed by atoms with Gasteiger partial charge in [-0.05, 0) is 13.3 Å². The van der Waals surface area contributed by atoms with Gasteiger partial charge in [0.25, 0.3) is 0 Å². The second kappa shape index (κ2) is 6.42. The summed E-state index contributed by atoms with van der Waals surface area (Å²) in [4.78, 5) is 9.59.